The Labute approximate surface area is 248 Å². The zero-order valence-electron chi connectivity index (χ0n) is 23.9. The summed E-state index contributed by atoms with van der Waals surface area (Å²) in [6.07, 6.45) is -10.1. The summed E-state index contributed by atoms with van der Waals surface area (Å²) in [5, 5.41) is 70.0. The Morgan fingerprint density at radius 2 is 1.21 bits per heavy atom. The fourth-order valence-electron chi connectivity index (χ4n) is 6.09. The number of ether oxygens (including phenoxy) is 2. The largest absolute Gasteiger partial charge is 0.394 e. The Bertz CT molecular complexity index is 1350. The molecule has 2 amide bonds. The zero-order chi connectivity index (χ0) is 31.2. The summed E-state index contributed by atoms with van der Waals surface area (Å²) in [5.74, 6) is -0.630. The maximum Gasteiger partial charge on any atom is 0.247 e. The predicted octanol–water partition coefficient (Wildman–Crippen LogP) is -1.26. The van der Waals surface area contributed by atoms with Gasteiger partial charge >= 0.3 is 0 Å². The van der Waals surface area contributed by atoms with Crippen molar-refractivity contribution in [1.29, 1.82) is 0 Å². The highest BCUT2D eigenvalue weighted by atomic mass is 16.5. The van der Waals surface area contributed by atoms with Crippen LogP contribution in [0.4, 0.5) is 11.4 Å². The highest BCUT2D eigenvalue weighted by Crippen LogP contribution is 2.37. The number of nitrogens with zero attached hydrogens (tertiary/aromatic N) is 2. The summed E-state index contributed by atoms with van der Waals surface area (Å²) in [6.45, 7) is 2.13. The van der Waals surface area contributed by atoms with E-state index in [4.69, 9.17) is 9.47 Å². The van der Waals surface area contributed by atoms with Gasteiger partial charge in [-0.15, -0.1) is 0 Å². The molecule has 13 nitrogen and oxygen atoms in total. The van der Waals surface area contributed by atoms with Crippen molar-refractivity contribution in [2.75, 3.05) is 36.1 Å². The molecule has 0 aromatic heterocycles. The number of benzene rings is 2. The molecule has 13 heteroatoms. The number of piperazine rings is 1. The van der Waals surface area contributed by atoms with E-state index in [0.717, 1.165) is 11.1 Å². The van der Waals surface area contributed by atoms with Gasteiger partial charge in [-0.2, -0.15) is 0 Å². The Balaban J connectivity index is 1.30. The number of hydrogen-bond donors (Lipinski definition) is 7. The fraction of sp³-hybridized carbons (Fsp3) is 0.533. The highest BCUT2D eigenvalue weighted by molar-refractivity contribution is 6.12. The van der Waals surface area contributed by atoms with Crippen LogP contribution in [-0.2, 0) is 19.1 Å². The van der Waals surface area contributed by atoms with Crippen molar-refractivity contribution < 1.29 is 54.8 Å². The Morgan fingerprint density at radius 3 is 1.72 bits per heavy atom. The van der Waals surface area contributed by atoms with Crippen LogP contribution < -0.4 is 9.80 Å². The van der Waals surface area contributed by atoms with Crippen LogP contribution in [0, 0.1) is 13.8 Å². The maximum atomic E-state index is 13.3. The van der Waals surface area contributed by atoms with E-state index in [0.29, 0.717) is 22.5 Å². The lowest BCUT2D eigenvalue weighted by Gasteiger charge is -2.41. The van der Waals surface area contributed by atoms with Gasteiger partial charge in [-0.3, -0.25) is 9.59 Å². The molecule has 43 heavy (non-hydrogen) atoms. The van der Waals surface area contributed by atoms with E-state index in [1.807, 2.05) is 6.92 Å². The van der Waals surface area contributed by atoms with Crippen molar-refractivity contribution in [3.63, 3.8) is 0 Å². The second-order valence-corrected chi connectivity index (χ2v) is 11.4. The first-order valence-corrected chi connectivity index (χ1v) is 14.2. The molecule has 9 atom stereocenters. The van der Waals surface area contributed by atoms with E-state index in [1.54, 1.807) is 43.3 Å². The third-order valence-corrected chi connectivity index (χ3v) is 8.61. The molecule has 3 aliphatic rings. The van der Waals surface area contributed by atoms with Gasteiger partial charge in [0.15, 0.2) is 0 Å². The van der Waals surface area contributed by atoms with Crippen molar-refractivity contribution >= 4 is 23.2 Å². The molecule has 3 saturated heterocycles. The van der Waals surface area contributed by atoms with Crippen molar-refractivity contribution in [3.05, 3.63) is 58.7 Å². The summed E-state index contributed by atoms with van der Waals surface area (Å²) < 4.78 is 11.5. The summed E-state index contributed by atoms with van der Waals surface area (Å²) in [6, 6.07) is 10.1. The summed E-state index contributed by atoms with van der Waals surface area (Å²) in [4.78, 5) is 29.3. The number of aliphatic hydroxyl groups is 7. The van der Waals surface area contributed by atoms with E-state index in [2.05, 4.69) is 0 Å². The van der Waals surface area contributed by atoms with E-state index in [9.17, 15) is 45.3 Å². The second-order valence-electron chi connectivity index (χ2n) is 11.4. The quantitative estimate of drug-likeness (QED) is 0.208. The highest BCUT2D eigenvalue weighted by Gasteiger charge is 2.44. The molecule has 7 N–H and O–H groups in total. The second kappa shape index (κ2) is 12.6. The molecule has 0 radical (unpaired) electrons. The molecule has 0 aliphatic carbocycles. The van der Waals surface area contributed by atoms with E-state index >= 15 is 0 Å². The fourth-order valence-corrected chi connectivity index (χ4v) is 6.09. The van der Waals surface area contributed by atoms with Crippen molar-refractivity contribution in [2.45, 2.75) is 75.2 Å². The van der Waals surface area contributed by atoms with Crippen LogP contribution in [0.25, 0.3) is 0 Å². The Hall–Kier alpha value is -2.98. The minimum Gasteiger partial charge on any atom is -0.394 e. The Morgan fingerprint density at radius 1 is 0.698 bits per heavy atom. The molecule has 0 saturated carbocycles. The third kappa shape index (κ3) is 5.92. The molecule has 3 heterocycles. The Kier molecular flexibility index (Phi) is 9.18. The minimum atomic E-state index is -1.52. The van der Waals surface area contributed by atoms with Crippen LogP contribution in [0.3, 0.4) is 0 Å². The first-order valence-electron chi connectivity index (χ1n) is 14.2. The number of anilines is 2. The van der Waals surface area contributed by atoms with Gasteiger partial charge in [-0.1, -0.05) is 12.1 Å². The SMILES string of the molecule is Cc1cc(N2CC(=O)N(c3ccc([C@H]4O[C@H](CO)[C@@H](O)[C@H](O)[C@@H]4O)c(C)c3)CC2=O)ccc1[C@@H]1C[C@@H](O)[C@H](O)[C@@H](CO)O1. The normalized spacial score (nSPS) is 33.7. The number of rotatable bonds is 6. The molecule has 3 aliphatic heterocycles. The summed E-state index contributed by atoms with van der Waals surface area (Å²) >= 11 is 0. The van der Waals surface area contributed by atoms with Crippen molar-refractivity contribution in [1.82, 2.24) is 0 Å². The van der Waals surface area contributed by atoms with E-state index < -0.39 is 68.1 Å². The van der Waals surface area contributed by atoms with Crippen LogP contribution in [0.5, 0.6) is 0 Å². The number of carbonyl (C=O) groups is 2. The smallest absolute Gasteiger partial charge is 0.247 e. The summed E-state index contributed by atoms with van der Waals surface area (Å²) in [5.41, 5.74) is 3.59. The molecule has 2 aromatic rings. The minimum absolute atomic E-state index is 0.141. The standard InChI is InChI=1S/C30H38N2O11/c1-14-7-16(3-5-18(14)21-9-20(35)26(38)22(12-33)42-21)31-10-25(37)32(11-24(31)36)17-4-6-19(15(2)8-17)30-29(41)28(40)27(39)23(13-34)43-30/h3-8,20-23,26-30,33-35,38-41H,9-13H2,1-2H3/t20-,21+,22-,23-,26+,27-,28+,29+,30-/m1/s1. The van der Waals surface area contributed by atoms with Crippen LogP contribution in [0.15, 0.2) is 36.4 Å². The zero-order valence-corrected chi connectivity index (χ0v) is 23.9. The number of aliphatic hydroxyl groups excluding tert-OH is 7. The monoisotopic (exact) mass is 602 g/mol. The lowest BCUT2D eigenvalue weighted by Crippen LogP contribution is -2.55. The molecule has 0 bridgehead atoms. The molecular formula is C30H38N2O11. The topological polar surface area (TPSA) is 201 Å². The van der Waals surface area contributed by atoms with E-state index in [1.165, 1.54) is 9.80 Å². The number of carbonyl (C=O) groups excluding carboxylic acids is 2. The summed E-state index contributed by atoms with van der Waals surface area (Å²) in [7, 11) is 0. The first-order chi connectivity index (χ1) is 20.4. The maximum absolute atomic E-state index is 13.3. The van der Waals surface area contributed by atoms with Crippen molar-refractivity contribution in [2.24, 2.45) is 0 Å². The number of hydrogen-bond acceptors (Lipinski definition) is 11. The van der Waals surface area contributed by atoms with Gasteiger partial charge in [0, 0.05) is 17.8 Å². The first kappa shape index (κ1) is 31.4. The van der Waals surface area contributed by atoms with Gasteiger partial charge in [-0.25, -0.2) is 0 Å². The van der Waals surface area contributed by atoms with Crippen LogP contribution in [0.2, 0.25) is 0 Å². The van der Waals surface area contributed by atoms with Gasteiger partial charge < -0.3 is 55.0 Å². The van der Waals surface area contributed by atoms with Crippen LogP contribution >= 0.6 is 0 Å². The molecular weight excluding hydrogens is 564 g/mol. The van der Waals surface area contributed by atoms with E-state index in [-0.39, 0.29) is 31.3 Å². The lowest BCUT2D eigenvalue weighted by molar-refractivity contribution is -0.231. The van der Waals surface area contributed by atoms with Gasteiger partial charge in [0.25, 0.3) is 0 Å². The van der Waals surface area contributed by atoms with Gasteiger partial charge in [-0.05, 0) is 60.4 Å². The predicted molar refractivity (Wildman–Crippen MR) is 151 cm³/mol. The number of aryl methyl sites for hydroxylation is 2. The molecule has 2 aromatic carbocycles. The van der Waals surface area contributed by atoms with Gasteiger partial charge in [0.1, 0.15) is 55.8 Å². The average Bonchev–Trinajstić information content (AvgIpc) is 2.98. The lowest BCUT2D eigenvalue weighted by atomic mass is 9.89. The van der Waals surface area contributed by atoms with Crippen LogP contribution in [0.1, 0.15) is 40.9 Å². The van der Waals surface area contributed by atoms with Crippen LogP contribution in [-0.4, -0.2) is 117 Å². The molecule has 0 unspecified atom stereocenters. The number of amides is 2. The molecule has 3 fully saturated rings. The molecule has 0 spiro atoms. The average molecular weight is 603 g/mol. The third-order valence-electron chi connectivity index (χ3n) is 8.61. The molecule has 5 rings (SSSR count). The van der Waals surface area contributed by atoms with Crippen molar-refractivity contribution in [3.8, 4) is 0 Å². The molecule has 234 valence electrons. The van der Waals surface area contributed by atoms with Gasteiger partial charge in [0.2, 0.25) is 11.8 Å². The van der Waals surface area contributed by atoms with Gasteiger partial charge in [0.05, 0.1) is 25.4 Å².